The van der Waals surface area contributed by atoms with E-state index in [2.05, 4.69) is 30.0 Å². The fraction of sp³-hybridized carbons (Fsp3) is 0.318. The van der Waals surface area contributed by atoms with Crippen LogP contribution in [0.2, 0.25) is 0 Å². The Labute approximate surface area is 187 Å². The molecule has 2 rings (SSSR count). The highest BCUT2D eigenvalue weighted by Gasteiger charge is 2.14. The molecule has 0 heterocycles. The number of amides is 2. The molecule has 0 aliphatic carbocycles. The zero-order valence-corrected chi connectivity index (χ0v) is 18.6. The number of thiocarbonyl (C=S) groups is 1. The van der Waals surface area contributed by atoms with Gasteiger partial charge in [0.25, 0.3) is 11.8 Å². The first-order valence-corrected chi connectivity index (χ1v) is 10.2. The molecule has 0 aliphatic heterocycles. The number of hydrazine groups is 1. The second-order valence-corrected chi connectivity index (χ2v) is 7.33. The number of hydrogen-bond acceptors (Lipinski definition) is 6. The molecule has 0 saturated carbocycles. The van der Waals surface area contributed by atoms with Crippen molar-refractivity contribution in [2.75, 3.05) is 20.3 Å². The number of ether oxygens (including phenoxy) is 3. The third kappa shape index (κ3) is 8.13. The number of para-hydroxylation sites is 3. The molecular formula is C22H27N3O5S. The van der Waals surface area contributed by atoms with E-state index in [-0.39, 0.29) is 11.7 Å². The maximum Gasteiger partial charge on any atom is 0.276 e. The van der Waals surface area contributed by atoms with Crippen molar-refractivity contribution in [1.29, 1.82) is 0 Å². The average Bonchev–Trinajstić information content (AvgIpc) is 2.76. The Morgan fingerprint density at radius 3 is 2.26 bits per heavy atom. The Kier molecular flexibility index (Phi) is 9.57. The van der Waals surface area contributed by atoms with E-state index < -0.39 is 11.8 Å². The second kappa shape index (κ2) is 12.4. The van der Waals surface area contributed by atoms with E-state index in [1.165, 1.54) is 7.11 Å². The molecule has 9 heteroatoms. The summed E-state index contributed by atoms with van der Waals surface area (Å²) in [6, 6.07) is 13.9. The normalized spacial score (nSPS) is 10.2. The number of carbonyl (C=O) groups excluding carboxylic acids is 2. The van der Waals surface area contributed by atoms with Gasteiger partial charge >= 0.3 is 0 Å². The number of methoxy groups -OCH3 is 1. The lowest BCUT2D eigenvalue weighted by molar-refractivity contribution is -0.123. The molecule has 8 nitrogen and oxygen atoms in total. The minimum absolute atomic E-state index is 0.0624. The van der Waals surface area contributed by atoms with Crippen LogP contribution in [0.25, 0.3) is 0 Å². The standard InChI is InChI=1S/C22H27N3O5S/c1-15(2)12-13-29-17-9-5-4-8-16(17)21(27)23-22(31)25-24-20(26)14-30-19-11-7-6-10-18(19)28-3/h4-11,15H,12-14H2,1-3H3,(H,24,26)(H2,23,25,27,31). The molecule has 2 aromatic carbocycles. The Hall–Kier alpha value is -3.33. The summed E-state index contributed by atoms with van der Waals surface area (Å²) in [6.07, 6.45) is 0.874. The van der Waals surface area contributed by atoms with Gasteiger partial charge in [0.2, 0.25) is 0 Å². The predicted molar refractivity (Wildman–Crippen MR) is 121 cm³/mol. The van der Waals surface area contributed by atoms with Crippen LogP contribution in [0, 0.1) is 5.92 Å². The Bertz CT molecular complexity index is 904. The fourth-order valence-corrected chi connectivity index (χ4v) is 2.57. The van der Waals surface area contributed by atoms with Crippen molar-refractivity contribution in [2.24, 2.45) is 5.92 Å². The zero-order valence-electron chi connectivity index (χ0n) is 17.8. The van der Waals surface area contributed by atoms with Crippen LogP contribution >= 0.6 is 12.2 Å². The van der Waals surface area contributed by atoms with Crippen molar-refractivity contribution >= 4 is 29.1 Å². The van der Waals surface area contributed by atoms with E-state index in [4.69, 9.17) is 26.4 Å². The molecule has 166 valence electrons. The molecule has 0 aliphatic rings. The summed E-state index contributed by atoms with van der Waals surface area (Å²) in [7, 11) is 1.51. The average molecular weight is 446 g/mol. The van der Waals surface area contributed by atoms with Crippen molar-refractivity contribution in [3.63, 3.8) is 0 Å². The third-order valence-electron chi connectivity index (χ3n) is 4.05. The molecule has 0 saturated heterocycles. The van der Waals surface area contributed by atoms with Crippen LogP contribution in [0.1, 0.15) is 30.6 Å². The van der Waals surface area contributed by atoms with Crippen molar-refractivity contribution < 1.29 is 23.8 Å². The molecule has 31 heavy (non-hydrogen) atoms. The van der Waals surface area contributed by atoms with Crippen molar-refractivity contribution in [2.45, 2.75) is 20.3 Å². The molecule has 0 atom stereocenters. The van der Waals surface area contributed by atoms with Gasteiger partial charge in [0, 0.05) is 0 Å². The van der Waals surface area contributed by atoms with Gasteiger partial charge in [-0.2, -0.15) is 0 Å². The maximum absolute atomic E-state index is 12.5. The Balaban J connectivity index is 1.80. The van der Waals surface area contributed by atoms with Gasteiger partial charge in [-0.3, -0.25) is 25.8 Å². The lowest BCUT2D eigenvalue weighted by Gasteiger charge is -2.14. The molecule has 0 aromatic heterocycles. The lowest BCUT2D eigenvalue weighted by atomic mass is 10.1. The molecule has 0 spiro atoms. The van der Waals surface area contributed by atoms with Gasteiger partial charge in [-0.1, -0.05) is 38.1 Å². The summed E-state index contributed by atoms with van der Waals surface area (Å²) in [6.45, 7) is 4.44. The highest BCUT2D eigenvalue weighted by atomic mass is 32.1. The molecule has 0 bridgehead atoms. The van der Waals surface area contributed by atoms with E-state index in [1.54, 1.807) is 48.5 Å². The Morgan fingerprint density at radius 1 is 0.935 bits per heavy atom. The van der Waals surface area contributed by atoms with Crippen LogP contribution in [0.3, 0.4) is 0 Å². The SMILES string of the molecule is COc1ccccc1OCC(=O)NNC(=S)NC(=O)c1ccccc1OCCC(C)C. The summed E-state index contributed by atoms with van der Waals surface area (Å²) in [4.78, 5) is 24.5. The van der Waals surface area contributed by atoms with Gasteiger partial charge in [0.05, 0.1) is 19.3 Å². The first kappa shape index (κ1) is 23.9. The number of nitrogens with one attached hydrogen (secondary N) is 3. The molecule has 0 radical (unpaired) electrons. The van der Waals surface area contributed by atoms with E-state index in [0.29, 0.717) is 35.3 Å². The van der Waals surface area contributed by atoms with Crippen LogP contribution in [-0.4, -0.2) is 37.3 Å². The molecule has 3 N–H and O–H groups in total. The lowest BCUT2D eigenvalue weighted by Crippen LogP contribution is -2.49. The molecule has 0 unspecified atom stereocenters. The van der Waals surface area contributed by atoms with Gasteiger partial charge < -0.3 is 14.2 Å². The number of benzene rings is 2. The minimum Gasteiger partial charge on any atom is -0.493 e. The predicted octanol–water partition coefficient (Wildman–Crippen LogP) is 2.83. The summed E-state index contributed by atoms with van der Waals surface area (Å²) < 4.78 is 16.3. The quantitative estimate of drug-likeness (QED) is 0.403. The van der Waals surface area contributed by atoms with E-state index in [0.717, 1.165) is 6.42 Å². The van der Waals surface area contributed by atoms with Crippen LogP contribution in [0.15, 0.2) is 48.5 Å². The van der Waals surface area contributed by atoms with Crippen molar-refractivity contribution in [3.8, 4) is 17.2 Å². The molecule has 2 amide bonds. The van der Waals surface area contributed by atoms with E-state index >= 15 is 0 Å². The molecule has 0 fully saturated rings. The minimum atomic E-state index is -0.486. The molecular weight excluding hydrogens is 418 g/mol. The van der Waals surface area contributed by atoms with Crippen molar-refractivity contribution in [3.05, 3.63) is 54.1 Å². The Morgan fingerprint density at radius 2 is 1.58 bits per heavy atom. The zero-order chi connectivity index (χ0) is 22.6. The van der Waals surface area contributed by atoms with Gasteiger partial charge in [0.15, 0.2) is 23.2 Å². The first-order chi connectivity index (χ1) is 14.9. The summed E-state index contributed by atoms with van der Waals surface area (Å²) in [5, 5.41) is 2.45. The highest BCUT2D eigenvalue weighted by molar-refractivity contribution is 7.80. The first-order valence-electron chi connectivity index (χ1n) is 9.78. The van der Waals surface area contributed by atoms with Gasteiger partial charge in [0.1, 0.15) is 5.75 Å². The van der Waals surface area contributed by atoms with Crippen LogP contribution < -0.4 is 30.4 Å². The van der Waals surface area contributed by atoms with Gasteiger partial charge in [-0.05, 0) is 48.8 Å². The van der Waals surface area contributed by atoms with Crippen molar-refractivity contribution in [1.82, 2.24) is 16.2 Å². The van der Waals surface area contributed by atoms with E-state index in [1.807, 2.05) is 0 Å². The topological polar surface area (TPSA) is 97.9 Å². The molecule has 2 aromatic rings. The maximum atomic E-state index is 12.5. The largest absolute Gasteiger partial charge is 0.493 e. The number of carbonyl (C=O) groups is 2. The monoisotopic (exact) mass is 445 g/mol. The highest BCUT2D eigenvalue weighted by Crippen LogP contribution is 2.25. The number of hydrogen-bond donors (Lipinski definition) is 3. The summed E-state index contributed by atoms with van der Waals surface area (Å²) >= 11 is 5.07. The van der Waals surface area contributed by atoms with E-state index in [9.17, 15) is 9.59 Å². The fourth-order valence-electron chi connectivity index (χ4n) is 2.43. The smallest absolute Gasteiger partial charge is 0.276 e. The number of rotatable bonds is 9. The van der Waals surface area contributed by atoms with Crippen LogP contribution in [-0.2, 0) is 4.79 Å². The van der Waals surface area contributed by atoms with Crippen LogP contribution in [0.5, 0.6) is 17.2 Å². The summed E-state index contributed by atoms with van der Waals surface area (Å²) in [5.74, 6) is 0.980. The third-order valence-corrected chi connectivity index (χ3v) is 4.26. The second-order valence-electron chi connectivity index (χ2n) is 6.92. The van der Waals surface area contributed by atoms with Gasteiger partial charge in [-0.15, -0.1) is 0 Å². The van der Waals surface area contributed by atoms with Crippen LogP contribution in [0.4, 0.5) is 0 Å². The summed E-state index contributed by atoms with van der Waals surface area (Å²) in [5.41, 5.74) is 5.19. The van der Waals surface area contributed by atoms with Gasteiger partial charge in [-0.25, -0.2) is 0 Å².